The number of fused-ring (bicyclic) bond motifs is 3. The molecule has 0 aliphatic carbocycles. The third-order valence-corrected chi connectivity index (χ3v) is 4.46. The van der Waals surface area contributed by atoms with E-state index in [4.69, 9.17) is 10.5 Å². The highest BCUT2D eigenvalue weighted by Gasteiger charge is 2.15. The van der Waals surface area contributed by atoms with Crippen molar-refractivity contribution < 1.29 is 4.74 Å². The Morgan fingerprint density at radius 3 is 2.96 bits per heavy atom. The minimum Gasteiger partial charge on any atom is -0.394 e. The van der Waals surface area contributed by atoms with Crippen LogP contribution in [0.1, 0.15) is 11.3 Å². The highest BCUT2D eigenvalue weighted by atomic mass is 16.5. The number of aromatic amines is 1. The fraction of sp³-hybridized carbons (Fsp3) is 0.353. The Balaban J connectivity index is 1.80. The molecule has 0 amide bonds. The topological polar surface area (TPSA) is 101 Å². The summed E-state index contributed by atoms with van der Waals surface area (Å²) in [6, 6.07) is 5.97. The molecule has 3 heterocycles. The first-order valence-electron chi connectivity index (χ1n) is 8.22. The van der Waals surface area contributed by atoms with Gasteiger partial charge in [0.15, 0.2) is 5.65 Å². The molecule has 0 spiro atoms. The molecule has 0 radical (unpaired) electrons. The number of imidazole rings is 1. The number of anilines is 1. The Hall–Kier alpha value is -2.71. The second-order valence-electron chi connectivity index (χ2n) is 6.13. The van der Waals surface area contributed by atoms with Gasteiger partial charge in [0.1, 0.15) is 5.69 Å². The Morgan fingerprint density at radius 2 is 2.20 bits per heavy atom. The van der Waals surface area contributed by atoms with E-state index >= 15 is 0 Å². The Morgan fingerprint density at radius 1 is 1.40 bits per heavy atom. The van der Waals surface area contributed by atoms with Crippen LogP contribution < -0.4 is 11.4 Å². The molecule has 1 aromatic carbocycles. The van der Waals surface area contributed by atoms with Crippen LogP contribution in [0.3, 0.4) is 0 Å². The molecule has 0 bridgehead atoms. The largest absolute Gasteiger partial charge is 0.394 e. The molecule has 0 unspecified atom stereocenters. The maximum atomic E-state index is 12.4. The number of nitrogens with two attached hydrogens (primary N) is 1. The number of ether oxygens (including phenoxy) is 1. The lowest BCUT2D eigenvalue weighted by Gasteiger charge is -2.26. The molecule has 4 rings (SSSR count). The third-order valence-electron chi connectivity index (χ3n) is 4.46. The average Bonchev–Trinajstić information content (AvgIpc) is 3.00. The molecule has 1 aliphatic heterocycles. The second-order valence-corrected chi connectivity index (χ2v) is 6.13. The summed E-state index contributed by atoms with van der Waals surface area (Å²) in [5, 5.41) is 0. The van der Waals surface area contributed by atoms with Crippen molar-refractivity contribution in [1.82, 2.24) is 19.3 Å². The van der Waals surface area contributed by atoms with Gasteiger partial charge in [-0.15, -0.1) is 0 Å². The van der Waals surface area contributed by atoms with E-state index in [1.807, 2.05) is 18.2 Å². The fourth-order valence-electron chi connectivity index (χ4n) is 3.22. The second kappa shape index (κ2) is 6.30. The number of H-pyrrole nitrogens is 1. The molecule has 25 heavy (non-hydrogen) atoms. The number of rotatable bonds is 3. The molecule has 0 saturated carbocycles. The molecule has 1 fully saturated rings. The van der Waals surface area contributed by atoms with Gasteiger partial charge in [-0.05, 0) is 17.7 Å². The van der Waals surface area contributed by atoms with Crippen LogP contribution in [-0.4, -0.2) is 58.8 Å². The zero-order valence-corrected chi connectivity index (χ0v) is 14.0. The predicted molar refractivity (Wildman–Crippen MR) is 97.3 cm³/mol. The molecular formula is C17H20N6O2. The van der Waals surface area contributed by atoms with Crippen molar-refractivity contribution >= 4 is 28.6 Å². The number of benzene rings is 1. The number of aromatic nitrogens is 3. The molecule has 8 heteroatoms. The molecule has 1 aliphatic rings. The number of nitrogen functional groups attached to an aromatic ring is 1. The number of hydrogen-bond donors (Lipinski definition) is 2. The lowest BCUT2D eigenvalue weighted by atomic mass is 10.2. The molecule has 130 valence electrons. The van der Waals surface area contributed by atoms with Gasteiger partial charge in [-0.1, -0.05) is 6.07 Å². The predicted octanol–water partition coefficient (Wildman–Crippen LogP) is 0.639. The van der Waals surface area contributed by atoms with Gasteiger partial charge in [-0.2, -0.15) is 0 Å². The van der Waals surface area contributed by atoms with E-state index < -0.39 is 0 Å². The monoisotopic (exact) mass is 340 g/mol. The normalized spacial score (nSPS) is 16.4. The van der Waals surface area contributed by atoms with Crippen LogP contribution in [0.15, 0.2) is 28.0 Å². The van der Waals surface area contributed by atoms with Crippen molar-refractivity contribution in [2.75, 3.05) is 39.1 Å². The van der Waals surface area contributed by atoms with Crippen LogP contribution in [0.25, 0.3) is 16.7 Å². The van der Waals surface area contributed by atoms with Gasteiger partial charge in [-0.3, -0.25) is 9.89 Å². The van der Waals surface area contributed by atoms with Gasteiger partial charge in [0.2, 0.25) is 0 Å². The Labute approximate surface area is 143 Å². The maximum absolute atomic E-state index is 12.4. The van der Waals surface area contributed by atoms with Crippen LogP contribution >= 0.6 is 0 Å². The van der Waals surface area contributed by atoms with Crippen molar-refractivity contribution in [2.24, 2.45) is 4.99 Å². The van der Waals surface area contributed by atoms with E-state index in [2.05, 4.69) is 19.9 Å². The Kier molecular flexibility index (Phi) is 3.98. The van der Waals surface area contributed by atoms with E-state index in [9.17, 15) is 4.79 Å². The van der Waals surface area contributed by atoms with Crippen LogP contribution in [0, 0.1) is 0 Å². The third kappa shape index (κ3) is 2.79. The first kappa shape index (κ1) is 15.8. The summed E-state index contributed by atoms with van der Waals surface area (Å²) in [6.45, 7) is 4.23. The summed E-state index contributed by atoms with van der Waals surface area (Å²) in [6.07, 6.45) is 1.53. The smallest absolute Gasteiger partial charge is 0.332 e. The maximum Gasteiger partial charge on any atom is 0.332 e. The van der Waals surface area contributed by atoms with E-state index in [1.165, 1.54) is 10.6 Å². The number of hydrogen-bond acceptors (Lipinski definition) is 6. The molecule has 1 saturated heterocycles. The van der Waals surface area contributed by atoms with Crippen molar-refractivity contribution in [2.45, 2.75) is 6.54 Å². The SMILES string of the molecule is CN=Cc1[nH]c(=O)n2c(nc3cc(CN4CCOCC4)ccc32)c1N. The van der Waals surface area contributed by atoms with Crippen molar-refractivity contribution in [3.05, 3.63) is 39.9 Å². The summed E-state index contributed by atoms with van der Waals surface area (Å²) in [5.74, 6) is 0. The van der Waals surface area contributed by atoms with Crippen LogP contribution in [0.4, 0.5) is 5.69 Å². The molecular weight excluding hydrogens is 320 g/mol. The molecule has 3 N–H and O–H groups in total. The molecule has 3 aromatic rings. The van der Waals surface area contributed by atoms with Crippen LogP contribution in [-0.2, 0) is 11.3 Å². The number of nitrogens with zero attached hydrogens (tertiary/aromatic N) is 4. The zero-order chi connectivity index (χ0) is 17.4. The highest BCUT2D eigenvalue weighted by Crippen LogP contribution is 2.21. The minimum absolute atomic E-state index is 0.275. The lowest BCUT2D eigenvalue weighted by Crippen LogP contribution is -2.35. The van der Waals surface area contributed by atoms with Crippen molar-refractivity contribution in [3.8, 4) is 0 Å². The van der Waals surface area contributed by atoms with Gasteiger partial charge in [-0.25, -0.2) is 14.2 Å². The van der Waals surface area contributed by atoms with Gasteiger partial charge >= 0.3 is 5.69 Å². The van der Waals surface area contributed by atoms with Crippen LogP contribution in [0.2, 0.25) is 0 Å². The van der Waals surface area contributed by atoms with Crippen molar-refractivity contribution in [1.29, 1.82) is 0 Å². The van der Waals surface area contributed by atoms with E-state index in [-0.39, 0.29) is 5.69 Å². The summed E-state index contributed by atoms with van der Waals surface area (Å²) in [4.78, 5) is 26.0. The first-order chi connectivity index (χ1) is 12.2. The summed E-state index contributed by atoms with van der Waals surface area (Å²) in [7, 11) is 1.63. The summed E-state index contributed by atoms with van der Waals surface area (Å²) < 4.78 is 6.89. The van der Waals surface area contributed by atoms with E-state index in [1.54, 1.807) is 7.05 Å². The number of aliphatic imine (C=N–C) groups is 1. The quantitative estimate of drug-likeness (QED) is 0.682. The van der Waals surface area contributed by atoms with Gasteiger partial charge in [0.25, 0.3) is 0 Å². The van der Waals surface area contributed by atoms with Crippen molar-refractivity contribution in [3.63, 3.8) is 0 Å². The van der Waals surface area contributed by atoms with Gasteiger partial charge in [0, 0.05) is 32.9 Å². The average molecular weight is 340 g/mol. The molecule has 0 atom stereocenters. The number of morpholine rings is 1. The van der Waals surface area contributed by atoms with Gasteiger partial charge < -0.3 is 15.5 Å². The fourth-order valence-corrected chi connectivity index (χ4v) is 3.22. The van der Waals surface area contributed by atoms with E-state index in [0.29, 0.717) is 17.0 Å². The van der Waals surface area contributed by atoms with Gasteiger partial charge in [0.05, 0.1) is 29.9 Å². The minimum atomic E-state index is -0.275. The molecule has 2 aromatic heterocycles. The summed E-state index contributed by atoms with van der Waals surface area (Å²) in [5.41, 5.74) is 9.89. The van der Waals surface area contributed by atoms with E-state index in [0.717, 1.165) is 49.4 Å². The first-order valence-corrected chi connectivity index (χ1v) is 8.22. The Bertz CT molecular complexity index is 1010. The number of nitrogens with one attached hydrogen (secondary N) is 1. The lowest BCUT2D eigenvalue weighted by molar-refractivity contribution is 0.0342. The molecule has 8 nitrogen and oxygen atoms in total. The van der Waals surface area contributed by atoms with Crippen LogP contribution in [0.5, 0.6) is 0 Å². The summed E-state index contributed by atoms with van der Waals surface area (Å²) >= 11 is 0. The standard InChI is InChI=1S/C17H20N6O2/c1-19-9-13-15(18)16-20-12-8-11(10-22-4-6-25-7-5-22)2-3-14(12)23(16)17(24)21-13/h2-3,8-9H,4-7,10,18H2,1H3,(H,21,24). The highest BCUT2D eigenvalue weighted by molar-refractivity contribution is 5.92. The zero-order valence-electron chi connectivity index (χ0n) is 14.0.